The van der Waals surface area contributed by atoms with E-state index in [4.69, 9.17) is 0 Å². The average Bonchev–Trinajstić information content (AvgIpc) is 2.83. The molecule has 20 heavy (non-hydrogen) atoms. The largest absolute Gasteiger partial charge is 0.313 e. The zero-order valence-electron chi connectivity index (χ0n) is 13.1. The molecule has 2 aromatic rings. The molecule has 0 fully saturated rings. The third-order valence-corrected chi connectivity index (χ3v) is 3.78. The van der Waals surface area contributed by atoms with Gasteiger partial charge in [0.2, 0.25) is 0 Å². The molecule has 1 heterocycles. The Hall–Kier alpha value is -1.61. The van der Waals surface area contributed by atoms with E-state index in [2.05, 4.69) is 61.6 Å². The number of benzene rings is 1. The fourth-order valence-electron chi connectivity index (χ4n) is 2.66. The van der Waals surface area contributed by atoms with Crippen molar-refractivity contribution >= 4 is 0 Å². The lowest BCUT2D eigenvalue weighted by Crippen LogP contribution is -2.14. The molecular formula is C17H25N3. The van der Waals surface area contributed by atoms with Crippen LogP contribution in [0.5, 0.6) is 0 Å². The molecule has 1 aromatic heterocycles. The molecule has 0 saturated heterocycles. The van der Waals surface area contributed by atoms with Gasteiger partial charge >= 0.3 is 0 Å². The first-order chi connectivity index (χ1) is 9.56. The van der Waals surface area contributed by atoms with Gasteiger partial charge in [0.1, 0.15) is 0 Å². The first kappa shape index (κ1) is 14.8. The molecule has 0 aliphatic heterocycles. The van der Waals surface area contributed by atoms with Crippen molar-refractivity contribution in [3.63, 3.8) is 0 Å². The molecule has 0 bridgehead atoms. The highest BCUT2D eigenvalue weighted by Crippen LogP contribution is 2.29. The van der Waals surface area contributed by atoms with Crippen LogP contribution in [0.1, 0.15) is 50.4 Å². The SMILES string of the molecule is CCC(NC)c1ccc(-c2cn(C)nc2C(C)C)cc1. The van der Waals surface area contributed by atoms with Crippen molar-refractivity contribution in [1.29, 1.82) is 0 Å². The second kappa shape index (κ2) is 6.23. The first-order valence-electron chi connectivity index (χ1n) is 7.38. The van der Waals surface area contributed by atoms with Crippen molar-refractivity contribution in [3.8, 4) is 11.1 Å². The van der Waals surface area contributed by atoms with Crippen LogP contribution in [0.4, 0.5) is 0 Å². The molecule has 0 aliphatic carbocycles. The highest BCUT2D eigenvalue weighted by molar-refractivity contribution is 5.66. The third kappa shape index (κ3) is 2.93. The van der Waals surface area contributed by atoms with Crippen LogP contribution in [-0.4, -0.2) is 16.8 Å². The van der Waals surface area contributed by atoms with E-state index >= 15 is 0 Å². The first-order valence-corrected chi connectivity index (χ1v) is 7.38. The summed E-state index contributed by atoms with van der Waals surface area (Å²) in [5.41, 5.74) is 5.00. The fraction of sp³-hybridized carbons (Fsp3) is 0.471. The van der Waals surface area contributed by atoms with Gasteiger partial charge in [-0.15, -0.1) is 0 Å². The monoisotopic (exact) mass is 271 g/mol. The highest BCUT2D eigenvalue weighted by Gasteiger charge is 2.13. The molecule has 108 valence electrons. The molecule has 1 N–H and O–H groups in total. The number of rotatable bonds is 5. The summed E-state index contributed by atoms with van der Waals surface area (Å²) >= 11 is 0. The minimum Gasteiger partial charge on any atom is -0.313 e. The molecule has 0 radical (unpaired) electrons. The maximum absolute atomic E-state index is 4.58. The zero-order valence-corrected chi connectivity index (χ0v) is 13.1. The maximum atomic E-state index is 4.58. The minimum absolute atomic E-state index is 0.433. The van der Waals surface area contributed by atoms with Gasteiger partial charge in [-0.05, 0) is 30.5 Å². The van der Waals surface area contributed by atoms with Gasteiger partial charge in [-0.3, -0.25) is 4.68 Å². The lowest BCUT2D eigenvalue weighted by atomic mass is 9.97. The Kier molecular flexibility index (Phi) is 4.61. The molecule has 0 amide bonds. The summed E-state index contributed by atoms with van der Waals surface area (Å²) in [6, 6.07) is 9.28. The van der Waals surface area contributed by atoms with Gasteiger partial charge < -0.3 is 5.32 Å². The van der Waals surface area contributed by atoms with E-state index in [0.717, 1.165) is 6.42 Å². The molecule has 3 heteroatoms. The Bertz CT molecular complexity index is 548. The Morgan fingerprint density at radius 2 is 1.85 bits per heavy atom. The van der Waals surface area contributed by atoms with Crippen LogP contribution in [0, 0.1) is 0 Å². The average molecular weight is 271 g/mol. The van der Waals surface area contributed by atoms with Gasteiger partial charge in [0.15, 0.2) is 0 Å². The Morgan fingerprint density at radius 3 is 2.35 bits per heavy atom. The Morgan fingerprint density at radius 1 is 1.20 bits per heavy atom. The lowest BCUT2D eigenvalue weighted by Gasteiger charge is -2.14. The van der Waals surface area contributed by atoms with Crippen molar-refractivity contribution in [2.45, 2.75) is 39.2 Å². The van der Waals surface area contributed by atoms with Crippen molar-refractivity contribution in [2.75, 3.05) is 7.05 Å². The van der Waals surface area contributed by atoms with E-state index in [0.29, 0.717) is 12.0 Å². The van der Waals surface area contributed by atoms with E-state index in [1.807, 2.05) is 18.8 Å². The second-order valence-corrected chi connectivity index (χ2v) is 5.63. The van der Waals surface area contributed by atoms with Crippen LogP contribution >= 0.6 is 0 Å². The van der Waals surface area contributed by atoms with Crippen LogP contribution in [0.2, 0.25) is 0 Å². The van der Waals surface area contributed by atoms with E-state index in [1.54, 1.807) is 0 Å². The summed E-state index contributed by atoms with van der Waals surface area (Å²) in [6.45, 7) is 6.58. The van der Waals surface area contributed by atoms with Crippen molar-refractivity contribution in [1.82, 2.24) is 15.1 Å². The quantitative estimate of drug-likeness (QED) is 0.894. The van der Waals surface area contributed by atoms with Crippen LogP contribution < -0.4 is 5.32 Å². The molecule has 0 saturated carbocycles. The molecule has 0 aliphatic rings. The summed E-state index contributed by atoms with van der Waals surface area (Å²) in [6.07, 6.45) is 3.21. The van der Waals surface area contributed by atoms with Gasteiger partial charge in [0.25, 0.3) is 0 Å². The van der Waals surface area contributed by atoms with Crippen molar-refractivity contribution < 1.29 is 0 Å². The van der Waals surface area contributed by atoms with Gasteiger partial charge in [-0.25, -0.2) is 0 Å². The summed E-state index contributed by atoms with van der Waals surface area (Å²) in [5, 5.41) is 7.93. The zero-order chi connectivity index (χ0) is 14.7. The van der Waals surface area contributed by atoms with Crippen LogP contribution in [0.15, 0.2) is 30.5 Å². The number of hydrogen-bond donors (Lipinski definition) is 1. The summed E-state index contributed by atoms with van der Waals surface area (Å²) in [4.78, 5) is 0. The van der Waals surface area contributed by atoms with E-state index < -0.39 is 0 Å². The van der Waals surface area contributed by atoms with Crippen LogP contribution in [-0.2, 0) is 7.05 Å². The summed E-state index contributed by atoms with van der Waals surface area (Å²) < 4.78 is 1.90. The number of nitrogens with zero attached hydrogens (tertiary/aromatic N) is 2. The number of aromatic nitrogens is 2. The van der Waals surface area contributed by atoms with Gasteiger partial charge in [-0.2, -0.15) is 5.10 Å². The second-order valence-electron chi connectivity index (χ2n) is 5.63. The number of aryl methyl sites for hydroxylation is 1. The predicted molar refractivity (Wildman–Crippen MR) is 84.8 cm³/mol. The van der Waals surface area contributed by atoms with E-state index in [9.17, 15) is 0 Å². The third-order valence-electron chi connectivity index (χ3n) is 3.78. The predicted octanol–water partition coefficient (Wildman–Crippen LogP) is 3.88. The van der Waals surface area contributed by atoms with E-state index in [1.165, 1.54) is 22.4 Å². The summed E-state index contributed by atoms with van der Waals surface area (Å²) in [5.74, 6) is 0.437. The van der Waals surface area contributed by atoms with E-state index in [-0.39, 0.29) is 0 Å². The Labute approximate surface area is 122 Å². The number of nitrogens with one attached hydrogen (secondary N) is 1. The highest BCUT2D eigenvalue weighted by atomic mass is 15.3. The Balaban J connectivity index is 2.35. The van der Waals surface area contributed by atoms with Gasteiger partial charge in [-0.1, -0.05) is 45.0 Å². The minimum atomic E-state index is 0.433. The van der Waals surface area contributed by atoms with Crippen LogP contribution in [0.25, 0.3) is 11.1 Å². The van der Waals surface area contributed by atoms with Crippen LogP contribution in [0.3, 0.4) is 0 Å². The topological polar surface area (TPSA) is 29.9 Å². The molecule has 1 aromatic carbocycles. The fourth-order valence-corrected chi connectivity index (χ4v) is 2.66. The normalized spacial score (nSPS) is 12.9. The van der Waals surface area contributed by atoms with Gasteiger partial charge in [0.05, 0.1) is 5.69 Å². The molecule has 1 unspecified atom stereocenters. The maximum Gasteiger partial charge on any atom is 0.0728 e. The van der Waals surface area contributed by atoms with Gasteiger partial charge in [0, 0.05) is 24.8 Å². The summed E-state index contributed by atoms with van der Waals surface area (Å²) in [7, 11) is 4.00. The van der Waals surface area contributed by atoms with Crippen molar-refractivity contribution in [2.24, 2.45) is 7.05 Å². The molecule has 2 rings (SSSR count). The molecule has 0 spiro atoms. The standard InChI is InChI=1S/C17H25N3/c1-6-16(18-4)14-9-7-13(8-10-14)15-11-20(5)19-17(15)12(2)3/h7-12,16,18H,6H2,1-5H3. The lowest BCUT2D eigenvalue weighted by molar-refractivity contribution is 0.577. The molecular weight excluding hydrogens is 246 g/mol. The molecule has 3 nitrogen and oxygen atoms in total. The molecule has 1 atom stereocenters. The smallest absolute Gasteiger partial charge is 0.0728 e. The number of hydrogen-bond acceptors (Lipinski definition) is 2. The van der Waals surface area contributed by atoms with Crippen molar-refractivity contribution in [3.05, 3.63) is 41.7 Å².